The molecule has 6 heteroatoms. The number of nitrogens with two attached hydrogens (primary N) is 1. The number of aromatic nitrogens is 2. The topological polar surface area (TPSA) is 78.0 Å². The number of rotatable bonds is 5. The molecule has 0 aliphatic rings. The number of para-hydroxylation sites is 1. The number of benzene rings is 1. The maximum atomic E-state index is 11.9. The van der Waals surface area contributed by atoms with E-state index in [1.54, 1.807) is 12.1 Å². The minimum atomic E-state index is -3.28. The van der Waals surface area contributed by atoms with Crippen LogP contribution in [0.5, 0.6) is 0 Å². The molecule has 0 radical (unpaired) electrons. The van der Waals surface area contributed by atoms with Gasteiger partial charge in [0.25, 0.3) is 0 Å². The van der Waals surface area contributed by atoms with E-state index in [2.05, 4.69) is 11.9 Å². The van der Waals surface area contributed by atoms with Crippen molar-refractivity contribution in [3.63, 3.8) is 0 Å². The third kappa shape index (κ3) is 2.58. The number of imidazole rings is 1. The highest BCUT2D eigenvalue weighted by Crippen LogP contribution is 2.27. The molecule has 0 saturated heterocycles. The fourth-order valence-electron chi connectivity index (χ4n) is 2.57. The van der Waals surface area contributed by atoms with Gasteiger partial charge in [0.15, 0.2) is 9.84 Å². The molecule has 0 spiro atoms. The van der Waals surface area contributed by atoms with Gasteiger partial charge in [0, 0.05) is 25.8 Å². The molecule has 0 saturated carbocycles. The smallest absolute Gasteiger partial charge is 0.177 e. The Hall–Kier alpha value is -1.40. The molecule has 0 bridgehead atoms. The number of hydrogen-bond acceptors (Lipinski definition) is 4. The van der Waals surface area contributed by atoms with Crippen molar-refractivity contribution in [3.05, 3.63) is 24.0 Å². The monoisotopic (exact) mass is 295 g/mol. The Morgan fingerprint density at radius 2 is 2.10 bits per heavy atom. The Kier molecular flexibility index (Phi) is 4.15. The van der Waals surface area contributed by atoms with E-state index in [4.69, 9.17) is 5.73 Å². The Bertz CT molecular complexity index is 719. The summed E-state index contributed by atoms with van der Waals surface area (Å²) in [5, 5.41) is 0. The fraction of sp³-hybridized carbons (Fsp3) is 0.500. The van der Waals surface area contributed by atoms with Crippen LogP contribution in [-0.2, 0) is 16.9 Å². The van der Waals surface area contributed by atoms with Gasteiger partial charge in [0.2, 0.25) is 0 Å². The van der Waals surface area contributed by atoms with Crippen molar-refractivity contribution in [2.75, 3.05) is 12.8 Å². The first kappa shape index (κ1) is 15.0. The molecule has 2 aromatic rings. The van der Waals surface area contributed by atoms with Gasteiger partial charge in [0.1, 0.15) is 11.3 Å². The number of aryl methyl sites for hydroxylation is 1. The number of sulfone groups is 1. The highest BCUT2D eigenvalue weighted by Gasteiger charge is 2.21. The Morgan fingerprint density at radius 1 is 1.40 bits per heavy atom. The Balaban J connectivity index is 2.69. The summed E-state index contributed by atoms with van der Waals surface area (Å²) in [5.41, 5.74) is 7.21. The third-order valence-corrected chi connectivity index (χ3v) is 4.72. The second-order valence-electron chi connectivity index (χ2n) is 5.15. The zero-order valence-electron chi connectivity index (χ0n) is 12.1. The largest absolute Gasteiger partial charge is 0.331 e. The third-order valence-electron chi connectivity index (χ3n) is 3.60. The van der Waals surface area contributed by atoms with Gasteiger partial charge in [0.05, 0.1) is 10.4 Å². The molecule has 0 fully saturated rings. The number of nitrogens with zero attached hydrogens (tertiary/aromatic N) is 2. The zero-order chi connectivity index (χ0) is 14.9. The van der Waals surface area contributed by atoms with Gasteiger partial charge in [-0.3, -0.25) is 0 Å². The van der Waals surface area contributed by atoms with Crippen LogP contribution < -0.4 is 5.73 Å². The maximum Gasteiger partial charge on any atom is 0.177 e. The van der Waals surface area contributed by atoms with Crippen LogP contribution >= 0.6 is 0 Å². The van der Waals surface area contributed by atoms with Crippen LogP contribution in [0.4, 0.5) is 0 Å². The molecule has 1 atom stereocenters. The van der Waals surface area contributed by atoms with Crippen molar-refractivity contribution < 1.29 is 8.42 Å². The van der Waals surface area contributed by atoms with Crippen molar-refractivity contribution in [2.45, 2.75) is 30.6 Å². The lowest BCUT2D eigenvalue weighted by Crippen LogP contribution is -2.16. The van der Waals surface area contributed by atoms with Gasteiger partial charge in [-0.05, 0) is 18.6 Å². The predicted molar refractivity (Wildman–Crippen MR) is 80.5 cm³/mol. The van der Waals surface area contributed by atoms with Crippen molar-refractivity contribution in [1.82, 2.24) is 9.55 Å². The average Bonchev–Trinajstić information content (AvgIpc) is 2.72. The minimum absolute atomic E-state index is 0.157. The Labute approximate surface area is 119 Å². The van der Waals surface area contributed by atoms with E-state index < -0.39 is 9.84 Å². The van der Waals surface area contributed by atoms with E-state index in [9.17, 15) is 8.42 Å². The lowest BCUT2D eigenvalue weighted by atomic mass is 10.0. The summed E-state index contributed by atoms with van der Waals surface area (Å²) in [7, 11) is -1.37. The normalized spacial score (nSPS) is 13.8. The molecule has 5 nitrogen and oxygen atoms in total. The first-order valence-corrected chi connectivity index (χ1v) is 8.64. The second-order valence-corrected chi connectivity index (χ2v) is 7.13. The highest BCUT2D eigenvalue weighted by atomic mass is 32.2. The van der Waals surface area contributed by atoms with Gasteiger partial charge in [-0.25, -0.2) is 13.4 Å². The summed E-state index contributed by atoms with van der Waals surface area (Å²) in [5.74, 6) is 1.02. The van der Waals surface area contributed by atoms with Crippen molar-refractivity contribution in [2.24, 2.45) is 12.8 Å². The van der Waals surface area contributed by atoms with E-state index in [1.807, 2.05) is 17.7 Å². The molecule has 1 aromatic heterocycles. The van der Waals surface area contributed by atoms with Crippen LogP contribution in [0.25, 0.3) is 11.0 Å². The van der Waals surface area contributed by atoms with Crippen molar-refractivity contribution in [1.29, 1.82) is 0 Å². The molecule has 0 amide bonds. The summed E-state index contributed by atoms with van der Waals surface area (Å²) < 4.78 is 25.7. The molecular weight excluding hydrogens is 274 g/mol. The van der Waals surface area contributed by atoms with Gasteiger partial charge in [-0.15, -0.1) is 0 Å². The summed E-state index contributed by atoms with van der Waals surface area (Å²) >= 11 is 0. The van der Waals surface area contributed by atoms with Crippen molar-refractivity contribution >= 4 is 20.9 Å². The number of hydrogen-bond donors (Lipinski definition) is 1. The van der Waals surface area contributed by atoms with E-state index in [-0.39, 0.29) is 10.8 Å². The molecule has 20 heavy (non-hydrogen) atoms. The molecule has 1 heterocycles. The summed E-state index contributed by atoms with van der Waals surface area (Å²) in [6, 6.07) is 5.24. The molecule has 1 unspecified atom stereocenters. The molecule has 1 aromatic carbocycles. The van der Waals surface area contributed by atoms with Crippen LogP contribution in [0.15, 0.2) is 23.1 Å². The van der Waals surface area contributed by atoms with Gasteiger partial charge < -0.3 is 10.3 Å². The second kappa shape index (κ2) is 5.54. The quantitative estimate of drug-likeness (QED) is 0.912. The molecule has 0 aliphatic carbocycles. The lowest BCUT2D eigenvalue weighted by Gasteiger charge is -2.13. The van der Waals surface area contributed by atoms with Crippen molar-refractivity contribution in [3.8, 4) is 0 Å². The predicted octanol–water partition coefficient (Wildman–Crippen LogP) is 1.82. The van der Waals surface area contributed by atoms with E-state index in [1.165, 1.54) is 6.26 Å². The first-order valence-electron chi connectivity index (χ1n) is 6.75. The lowest BCUT2D eigenvalue weighted by molar-refractivity contribution is 0.572. The summed E-state index contributed by atoms with van der Waals surface area (Å²) in [4.78, 5) is 4.85. The fourth-order valence-corrected chi connectivity index (χ4v) is 3.40. The first-order chi connectivity index (χ1) is 9.40. The van der Waals surface area contributed by atoms with Crippen LogP contribution in [0.3, 0.4) is 0 Å². The van der Waals surface area contributed by atoms with Gasteiger partial charge in [-0.1, -0.05) is 19.4 Å². The van der Waals surface area contributed by atoms with E-state index in [0.717, 1.165) is 24.2 Å². The SMILES string of the molecule is CCCC(CN)c1nc2c(S(C)(=O)=O)cccc2n1C. The maximum absolute atomic E-state index is 11.9. The van der Waals surface area contributed by atoms with E-state index >= 15 is 0 Å². The summed E-state index contributed by atoms with van der Waals surface area (Å²) in [6.45, 7) is 2.62. The molecule has 2 rings (SSSR count). The average molecular weight is 295 g/mol. The summed E-state index contributed by atoms with van der Waals surface area (Å²) in [6.07, 6.45) is 3.18. The van der Waals surface area contributed by atoms with Gasteiger partial charge in [-0.2, -0.15) is 0 Å². The van der Waals surface area contributed by atoms with Crippen LogP contribution in [0.2, 0.25) is 0 Å². The van der Waals surface area contributed by atoms with Crippen LogP contribution in [-0.4, -0.2) is 30.8 Å². The van der Waals surface area contributed by atoms with E-state index in [0.29, 0.717) is 12.1 Å². The van der Waals surface area contributed by atoms with Crippen LogP contribution in [0.1, 0.15) is 31.5 Å². The molecule has 2 N–H and O–H groups in total. The van der Waals surface area contributed by atoms with Gasteiger partial charge >= 0.3 is 0 Å². The number of fused-ring (bicyclic) bond motifs is 1. The van der Waals surface area contributed by atoms with Crippen LogP contribution in [0, 0.1) is 0 Å². The molecule has 0 aliphatic heterocycles. The molecular formula is C14H21N3O2S. The highest BCUT2D eigenvalue weighted by molar-refractivity contribution is 7.91. The Morgan fingerprint density at radius 3 is 2.65 bits per heavy atom. The molecule has 110 valence electrons. The minimum Gasteiger partial charge on any atom is -0.331 e. The zero-order valence-corrected chi connectivity index (χ0v) is 12.9. The standard InChI is InChI=1S/C14H21N3O2S/c1-4-6-10(9-15)14-16-13-11(17(14)2)7-5-8-12(13)20(3,18)19/h5,7-8,10H,4,6,9,15H2,1-3H3.